The molecular formula is C7H7BrN2O. The number of primary amides is 1. The van der Waals surface area contributed by atoms with Crippen LogP contribution in [0.3, 0.4) is 0 Å². The molecule has 0 aliphatic heterocycles. The van der Waals surface area contributed by atoms with Gasteiger partial charge in [0, 0.05) is 4.47 Å². The van der Waals surface area contributed by atoms with Crippen LogP contribution in [0.5, 0.6) is 0 Å². The van der Waals surface area contributed by atoms with E-state index in [-0.39, 0.29) is 0 Å². The van der Waals surface area contributed by atoms with E-state index >= 15 is 0 Å². The van der Waals surface area contributed by atoms with Gasteiger partial charge in [-0.1, -0.05) is 6.07 Å². The first kappa shape index (κ1) is 8.07. The van der Waals surface area contributed by atoms with E-state index in [0.29, 0.717) is 15.7 Å². The monoisotopic (exact) mass is 214 g/mol. The molecule has 4 N–H and O–H groups in total. The summed E-state index contributed by atoms with van der Waals surface area (Å²) in [6.45, 7) is 0. The van der Waals surface area contributed by atoms with Crippen molar-refractivity contribution >= 4 is 27.5 Å². The first-order chi connectivity index (χ1) is 5.13. The first-order valence-corrected chi connectivity index (χ1v) is 3.76. The maximum absolute atomic E-state index is 10.7. The molecule has 0 radical (unpaired) electrons. The third kappa shape index (κ3) is 1.51. The zero-order valence-corrected chi connectivity index (χ0v) is 7.26. The standard InChI is InChI=1S/C7H7BrN2O/c8-5-3-1-2-4(6(5)9)7(10)11/h1-3H,9H2,(H2,10,11). The highest BCUT2D eigenvalue weighted by molar-refractivity contribution is 9.10. The van der Waals surface area contributed by atoms with Crippen molar-refractivity contribution in [2.24, 2.45) is 5.73 Å². The molecule has 0 aromatic heterocycles. The minimum absolute atomic E-state index is 0.347. The number of hydrogen-bond acceptors (Lipinski definition) is 2. The summed E-state index contributed by atoms with van der Waals surface area (Å²) in [5.41, 5.74) is 11.3. The van der Waals surface area contributed by atoms with E-state index in [4.69, 9.17) is 11.5 Å². The first-order valence-electron chi connectivity index (χ1n) is 2.96. The van der Waals surface area contributed by atoms with Crippen LogP contribution in [-0.4, -0.2) is 5.91 Å². The molecule has 0 fully saturated rings. The summed E-state index contributed by atoms with van der Waals surface area (Å²) in [7, 11) is 0. The lowest BCUT2D eigenvalue weighted by Gasteiger charge is -2.01. The van der Waals surface area contributed by atoms with E-state index in [1.807, 2.05) is 0 Å². The van der Waals surface area contributed by atoms with Gasteiger partial charge >= 0.3 is 0 Å². The molecule has 1 amide bonds. The van der Waals surface area contributed by atoms with Crippen molar-refractivity contribution in [3.63, 3.8) is 0 Å². The largest absolute Gasteiger partial charge is 0.397 e. The van der Waals surface area contributed by atoms with Gasteiger partial charge in [-0.05, 0) is 28.1 Å². The van der Waals surface area contributed by atoms with Crippen molar-refractivity contribution in [2.75, 3.05) is 5.73 Å². The second-order valence-corrected chi connectivity index (χ2v) is 2.92. The van der Waals surface area contributed by atoms with Gasteiger partial charge in [-0.25, -0.2) is 0 Å². The lowest BCUT2D eigenvalue weighted by molar-refractivity contribution is 0.100. The number of halogens is 1. The van der Waals surface area contributed by atoms with Gasteiger partial charge in [-0.15, -0.1) is 0 Å². The number of benzene rings is 1. The average Bonchev–Trinajstić information content (AvgIpc) is 1.94. The van der Waals surface area contributed by atoms with Gasteiger partial charge in [0.25, 0.3) is 5.91 Å². The Morgan fingerprint density at radius 2 is 2.09 bits per heavy atom. The zero-order valence-electron chi connectivity index (χ0n) is 5.67. The third-order valence-corrected chi connectivity index (χ3v) is 2.01. The van der Waals surface area contributed by atoms with E-state index in [0.717, 1.165) is 0 Å². The van der Waals surface area contributed by atoms with Gasteiger partial charge in [0.05, 0.1) is 11.3 Å². The number of carbonyl (C=O) groups is 1. The summed E-state index contributed by atoms with van der Waals surface area (Å²) < 4.78 is 0.689. The van der Waals surface area contributed by atoms with Gasteiger partial charge in [0.2, 0.25) is 0 Å². The molecule has 0 saturated heterocycles. The molecule has 0 atom stereocenters. The number of carbonyl (C=O) groups excluding carboxylic acids is 1. The van der Waals surface area contributed by atoms with E-state index in [9.17, 15) is 4.79 Å². The Balaban J connectivity index is 3.27. The molecule has 58 valence electrons. The molecule has 0 heterocycles. The molecule has 1 aromatic carbocycles. The summed E-state index contributed by atoms with van der Waals surface area (Å²) in [5.74, 6) is -0.510. The van der Waals surface area contributed by atoms with Crippen LogP contribution >= 0.6 is 15.9 Å². The number of nitrogen functional groups attached to an aromatic ring is 1. The van der Waals surface area contributed by atoms with Crippen LogP contribution in [0.2, 0.25) is 0 Å². The van der Waals surface area contributed by atoms with Crippen LogP contribution in [0.4, 0.5) is 5.69 Å². The predicted octanol–water partition coefficient (Wildman–Crippen LogP) is 1.13. The number of rotatable bonds is 1. The van der Waals surface area contributed by atoms with Crippen molar-refractivity contribution in [3.05, 3.63) is 28.2 Å². The molecule has 0 saturated carbocycles. The Kier molecular flexibility index (Phi) is 2.14. The second kappa shape index (κ2) is 2.92. The minimum atomic E-state index is -0.510. The summed E-state index contributed by atoms with van der Waals surface area (Å²) in [4.78, 5) is 10.7. The van der Waals surface area contributed by atoms with E-state index in [1.165, 1.54) is 0 Å². The topological polar surface area (TPSA) is 69.1 Å². The Morgan fingerprint density at radius 1 is 1.45 bits per heavy atom. The summed E-state index contributed by atoms with van der Waals surface area (Å²) in [5, 5.41) is 0. The molecule has 0 aliphatic rings. The van der Waals surface area contributed by atoms with Gasteiger partial charge in [-0.2, -0.15) is 0 Å². The van der Waals surface area contributed by atoms with Crippen molar-refractivity contribution in [1.29, 1.82) is 0 Å². The van der Waals surface area contributed by atoms with Crippen molar-refractivity contribution < 1.29 is 4.79 Å². The maximum atomic E-state index is 10.7. The summed E-state index contributed by atoms with van der Waals surface area (Å²) in [6, 6.07) is 5.05. The lowest BCUT2D eigenvalue weighted by Crippen LogP contribution is -2.13. The molecule has 0 aliphatic carbocycles. The number of anilines is 1. The fraction of sp³-hybridized carbons (Fsp3) is 0. The average molecular weight is 215 g/mol. The van der Waals surface area contributed by atoms with Gasteiger partial charge < -0.3 is 11.5 Å². The summed E-state index contributed by atoms with van der Waals surface area (Å²) >= 11 is 3.18. The Morgan fingerprint density at radius 3 is 2.55 bits per heavy atom. The Bertz CT molecular complexity index is 298. The molecule has 3 nitrogen and oxygen atoms in total. The van der Waals surface area contributed by atoms with E-state index in [1.54, 1.807) is 18.2 Å². The fourth-order valence-corrected chi connectivity index (χ4v) is 1.12. The number of amides is 1. The highest BCUT2D eigenvalue weighted by Crippen LogP contribution is 2.22. The maximum Gasteiger partial charge on any atom is 0.250 e. The molecule has 0 unspecified atom stereocenters. The quantitative estimate of drug-likeness (QED) is 0.689. The smallest absolute Gasteiger partial charge is 0.250 e. The number of hydrogen-bond donors (Lipinski definition) is 2. The number of para-hydroxylation sites is 1. The van der Waals surface area contributed by atoms with Crippen LogP contribution in [0.1, 0.15) is 10.4 Å². The van der Waals surface area contributed by atoms with Gasteiger partial charge in [0.15, 0.2) is 0 Å². The Hall–Kier alpha value is -1.03. The number of nitrogens with two attached hydrogens (primary N) is 2. The van der Waals surface area contributed by atoms with Crippen molar-refractivity contribution in [2.45, 2.75) is 0 Å². The van der Waals surface area contributed by atoms with Crippen LogP contribution in [0.15, 0.2) is 22.7 Å². The molecule has 1 aromatic rings. The van der Waals surface area contributed by atoms with Crippen molar-refractivity contribution in [3.8, 4) is 0 Å². The van der Waals surface area contributed by atoms with Crippen LogP contribution in [0, 0.1) is 0 Å². The molecule has 1 rings (SSSR count). The predicted molar refractivity (Wildman–Crippen MR) is 47.1 cm³/mol. The molecule has 11 heavy (non-hydrogen) atoms. The fourth-order valence-electron chi connectivity index (χ4n) is 0.752. The highest BCUT2D eigenvalue weighted by atomic mass is 79.9. The Labute approximate surface area is 72.5 Å². The van der Waals surface area contributed by atoms with Crippen LogP contribution < -0.4 is 11.5 Å². The van der Waals surface area contributed by atoms with Crippen LogP contribution in [-0.2, 0) is 0 Å². The highest BCUT2D eigenvalue weighted by Gasteiger charge is 2.06. The van der Waals surface area contributed by atoms with E-state index in [2.05, 4.69) is 15.9 Å². The minimum Gasteiger partial charge on any atom is -0.397 e. The molecule has 0 spiro atoms. The second-order valence-electron chi connectivity index (χ2n) is 2.07. The normalized spacial score (nSPS) is 9.55. The molecular weight excluding hydrogens is 208 g/mol. The van der Waals surface area contributed by atoms with Crippen molar-refractivity contribution in [1.82, 2.24) is 0 Å². The summed E-state index contributed by atoms with van der Waals surface area (Å²) in [6.07, 6.45) is 0. The van der Waals surface area contributed by atoms with Gasteiger partial charge in [-0.3, -0.25) is 4.79 Å². The van der Waals surface area contributed by atoms with Crippen LogP contribution in [0.25, 0.3) is 0 Å². The van der Waals surface area contributed by atoms with E-state index < -0.39 is 5.91 Å². The SMILES string of the molecule is NC(=O)c1cccc(Br)c1N. The lowest BCUT2D eigenvalue weighted by atomic mass is 10.2. The zero-order chi connectivity index (χ0) is 8.43. The van der Waals surface area contributed by atoms with Gasteiger partial charge in [0.1, 0.15) is 0 Å². The molecule has 0 bridgehead atoms. The third-order valence-electron chi connectivity index (χ3n) is 1.32. The molecule has 4 heteroatoms.